The molecule has 0 unspecified atom stereocenters. The average molecular weight is 947 g/mol. The summed E-state index contributed by atoms with van der Waals surface area (Å²) < 4.78 is 2.39. The van der Waals surface area contributed by atoms with E-state index in [-0.39, 0.29) is 0 Å². The van der Waals surface area contributed by atoms with E-state index >= 15 is 0 Å². The number of benzene rings is 12. The first-order chi connectivity index (χ1) is 36.2. The van der Waals surface area contributed by atoms with Crippen molar-refractivity contribution < 1.29 is 0 Å². The molecule has 0 saturated carbocycles. The van der Waals surface area contributed by atoms with Crippen LogP contribution in [0.5, 0.6) is 0 Å². The first-order valence-corrected chi connectivity index (χ1v) is 27.2. The van der Waals surface area contributed by atoms with E-state index in [0.717, 1.165) is 28.3 Å². The molecule has 3 heteroatoms. The third kappa shape index (κ3) is 7.66. The number of anilines is 3. The summed E-state index contributed by atoms with van der Waals surface area (Å²) in [6.45, 7) is 0. The van der Waals surface area contributed by atoms with Crippen LogP contribution in [0.1, 0.15) is 0 Å². The minimum atomic E-state index is -2.73. The number of rotatable bonds is 11. The van der Waals surface area contributed by atoms with Gasteiger partial charge in [0.25, 0.3) is 0 Å². The van der Waals surface area contributed by atoms with Crippen LogP contribution in [0.3, 0.4) is 0 Å². The monoisotopic (exact) mass is 946 g/mol. The van der Waals surface area contributed by atoms with Crippen molar-refractivity contribution in [3.63, 3.8) is 0 Å². The SMILES string of the molecule is c1ccc(-c2ccc(N(c3ccc(-c4ccc(-c5cccc6c5c5ccccc5n6-c5ccccc5)cc4)cc3)c3ccc([Si](c4ccccc4)(c4ccccc4)c4ccccc4)cc3)c3ccccc23)cc1. The van der Waals surface area contributed by atoms with Crippen molar-refractivity contribution in [2.24, 2.45) is 0 Å². The maximum atomic E-state index is 2.44. The minimum Gasteiger partial charge on any atom is -0.310 e. The molecular formula is C70H50N2Si. The first-order valence-electron chi connectivity index (χ1n) is 25.2. The molecule has 0 radical (unpaired) electrons. The van der Waals surface area contributed by atoms with Crippen LogP contribution in [-0.2, 0) is 0 Å². The molecule has 2 nitrogen and oxygen atoms in total. The Bertz CT molecular complexity index is 3930. The molecule has 0 bridgehead atoms. The van der Waals surface area contributed by atoms with Gasteiger partial charge < -0.3 is 9.47 Å². The molecule has 13 rings (SSSR count). The molecule has 13 aromatic rings. The summed E-state index contributed by atoms with van der Waals surface area (Å²) in [5.74, 6) is 0. The van der Waals surface area contributed by atoms with E-state index in [4.69, 9.17) is 0 Å². The van der Waals surface area contributed by atoms with Crippen LogP contribution in [0.25, 0.3) is 71.6 Å². The number of nitrogens with zero attached hydrogens (tertiary/aromatic N) is 2. The quantitative estimate of drug-likeness (QED) is 0.0926. The highest BCUT2D eigenvalue weighted by molar-refractivity contribution is 7.19. The van der Waals surface area contributed by atoms with Crippen LogP contribution in [0.4, 0.5) is 17.1 Å². The normalized spacial score (nSPS) is 11.6. The lowest BCUT2D eigenvalue weighted by molar-refractivity contribution is 1.18. The summed E-state index contributed by atoms with van der Waals surface area (Å²) in [4.78, 5) is 2.44. The van der Waals surface area contributed by atoms with Crippen molar-refractivity contribution in [3.8, 4) is 39.1 Å². The molecule has 12 aromatic carbocycles. The van der Waals surface area contributed by atoms with E-state index in [2.05, 4.69) is 313 Å². The van der Waals surface area contributed by atoms with Crippen molar-refractivity contribution >= 4 is 78.5 Å². The summed E-state index contributed by atoms with van der Waals surface area (Å²) in [6.07, 6.45) is 0. The molecule has 0 saturated heterocycles. The van der Waals surface area contributed by atoms with Gasteiger partial charge in [0.2, 0.25) is 0 Å². The molecule has 344 valence electrons. The Morgan fingerprint density at radius 2 is 0.685 bits per heavy atom. The predicted octanol–water partition coefficient (Wildman–Crippen LogP) is 15.8. The Morgan fingerprint density at radius 1 is 0.260 bits per heavy atom. The van der Waals surface area contributed by atoms with Gasteiger partial charge in [-0.1, -0.05) is 249 Å². The van der Waals surface area contributed by atoms with Gasteiger partial charge in [-0.3, -0.25) is 0 Å². The Morgan fingerprint density at radius 3 is 1.27 bits per heavy atom. The summed E-state index contributed by atoms with van der Waals surface area (Å²) in [5, 5.41) is 10.3. The third-order valence-corrected chi connectivity index (χ3v) is 19.6. The first kappa shape index (κ1) is 43.7. The second kappa shape index (κ2) is 18.8. The van der Waals surface area contributed by atoms with Crippen LogP contribution >= 0.6 is 0 Å². The molecular weight excluding hydrogens is 897 g/mol. The highest BCUT2D eigenvalue weighted by Gasteiger charge is 2.41. The van der Waals surface area contributed by atoms with Gasteiger partial charge in [0, 0.05) is 33.2 Å². The second-order valence-corrected chi connectivity index (χ2v) is 22.6. The summed E-state index contributed by atoms with van der Waals surface area (Å²) >= 11 is 0. The molecule has 73 heavy (non-hydrogen) atoms. The van der Waals surface area contributed by atoms with Gasteiger partial charge in [0.1, 0.15) is 0 Å². The average Bonchev–Trinajstić information content (AvgIpc) is 3.82. The number of hydrogen-bond acceptors (Lipinski definition) is 1. The van der Waals surface area contributed by atoms with Crippen LogP contribution in [0.15, 0.2) is 303 Å². The fourth-order valence-corrected chi connectivity index (χ4v) is 16.2. The molecule has 0 atom stereocenters. The van der Waals surface area contributed by atoms with Gasteiger partial charge >= 0.3 is 0 Å². The van der Waals surface area contributed by atoms with Gasteiger partial charge in [-0.2, -0.15) is 0 Å². The Balaban J connectivity index is 0.918. The van der Waals surface area contributed by atoms with Crippen LogP contribution in [0.2, 0.25) is 0 Å². The van der Waals surface area contributed by atoms with Gasteiger partial charge in [-0.15, -0.1) is 0 Å². The highest BCUT2D eigenvalue weighted by atomic mass is 28.3. The zero-order valence-corrected chi connectivity index (χ0v) is 41.3. The third-order valence-electron chi connectivity index (χ3n) is 14.8. The maximum absolute atomic E-state index is 2.73. The zero-order chi connectivity index (χ0) is 48.6. The zero-order valence-electron chi connectivity index (χ0n) is 40.3. The van der Waals surface area contributed by atoms with E-state index in [1.165, 1.54) is 81.1 Å². The molecule has 0 aliphatic carbocycles. The van der Waals surface area contributed by atoms with Crippen molar-refractivity contribution in [3.05, 3.63) is 303 Å². The van der Waals surface area contributed by atoms with Gasteiger partial charge in [0.05, 0.1) is 16.7 Å². The topological polar surface area (TPSA) is 8.17 Å². The van der Waals surface area contributed by atoms with Gasteiger partial charge in [-0.05, 0) is 114 Å². The molecule has 1 aromatic heterocycles. The second-order valence-electron chi connectivity index (χ2n) is 18.8. The van der Waals surface area contributed by atoms with Crippen LogP contribution in [0, 0.1) is 0 Å². The minimum absolute atomic E-state index is 1.09. The summed E-state index contributed by atoms with van der Waals surface area (Å²) in [5.41, 5.74) is 14.1. The van der Waals surface area contributed by atoms with Crippen molar-refractivity contribution in [2.75, 3.05) is 4.90 Å². The van der Waals surface area contributed by atoms with Gasteiger partial charge in [-0.25, -0.2) is 0 Å². The van der Waals surface area contributed by atoms with E-state index in [9.17, 15) is 0 Å². The lowest BCUT2D eigenvalue weighted by Gasteiger charge is -2.35. The predicted molar refractivity (Wildman–Crippen MR) is 313 cm³/mol. The number of fused-ring (bicyclic) bond motifs is 4. The lowest BCUT2D eigenvalue weighted by atomic mass is 9.96. The lowest BCUT2D eigenvalue weighted by Crippen LogP contribution is -2.74. The van der Waals surface area contributed by atoms with Gasteiger partial charge in [0.15, 0.2) is 8.07 Å². The van der Waals surface area contributed by atoms with Crippen LogP contribution in [-0.4, -0.2) is 12.6 Å². The van der Waals surface area contributed by atoms with Crippen molar-refractivity contribution in [1.29, 1.82) is 0 Å². The molecule has 1 heterocycles. The Labute approximate surface area is 428 Å². The van der Waals surface area contributed by atoms with Crippen molar-refractivity contribution in [2.45, 2.75) is 0 Å². The van der Waals surface area contributed by atoms with E-state index in [1.807, 2.05) is 0 Å². The van der Waals surface area contributed by atoms with E-state index < -0.39 is 8.07 Å². The van der Waals surface area contributed by atoms with E-state index in [0.29, 0.717) is 0 Å². The molecule has 0 aliphatic rings. The largest absolute Gasteiger partial charge is 0.310 e. The molecule has 0 aliphatic heterocycles. The molecule has 0 spiro atoms. The standard InChI is InChI=1S/C70H50N2Si/c1-6-21-53(22-7-1)62-49-50-68(65-32-17-16-31-64(62)65)71(57-45-47-61(48-46-57)73(58-25-10-3-11-26-58,59-27-12-4-13-28-59)60-29-14-5-15-30-60)56-43-41-52(42-44-56)51-37-39-54(40-38-51)63-34-20-36-69-70(63)66-33-18-19-35-67(66)72(69)55-23-8-2-9-24-55/h1-50H. The number of hydrogen-bond donors (Lipinski definition) is 0. The molecule has 0 fully saturated rings. The molecule has 0 N–H and O–H groups in total. The number of para-hydroxylation sites is 2. The fourth-order valence-electron chi connectivity index (χ4n) is 11.5. The summed E-state index contributed by atoms with van der Waals surface area (Å²) in [6, 6.07) is 112. The molecule has 0 amide bonds. The Kier molecular flexibility index (Phi) is 11.3. The van der Waals surface area contributed by atoms with E-state index in [1.54, 1.807) is 0 Å². The van der Waals surface area contributed by atoms with Crippen molar-refractivity contribution in [1.82, 2.24) is 4.57 Å². The fraction of sp³-hybridized carbons (Fsp3) is 0. The maximum Gasteiger partial charge on any atom is 0.179 e. The number of aromatic nitrogens is 1. The smallest absolute Gasteiger partial charge is 0.179 e. The Hall–Kier alpha value is -9.28. The van der Waals surface area contributed by atoms with Crippen LogP contribution < -0.4 is 25.6 Å². The highest BCUT2D eigenvalue weighted by Crippen LogP contribution is 2.43. The summed E-state index contributed by atoms with van der Waals surface area (Å²) in [7, 11) is -2.73.